The summed E-state index contributed by atoms with van der Waals surface area (Å²) in [6.45, 7) is 14.7. The van der Waals surface area contributed by atoms with Gasteiger partial charge in [0.05, 0.1) is 5.71 Å². The lowest BCUT2D eigenvalue weighted by molar-refractivity contribution is 0.142. The van der Waals surface area contributed by atoms with Gasteiger partial charge in [0.15, 0.2) is 5.82 Å². The summed E-state index contributed by atoms with van der Waals surface area (Å²) in [5.74, 6) is 2.82. The van der Waals surface area contributed by atoms with E-state index in [1.807, 2.05) is 48.5 Å². The summed E-state index contributed by atoms with van der Waals surface area (Å²) in [6.07, 6.45) is 0.836. The Bertz CT molecular complexity index is 1400. The summed E-state index contributed by atoms with van der Waals surface area (Å²) in [4.78, 5) is 7.05. The minimum Gasteiger partial charge on any atom is -0.492 e. The molecular formula is C31H40N6O. The van der Waals surface area contributed by atoms with Crippen molar-refractivity contribution in [3.63, 3.8) is 0 Å². The second-order valence-corrected chi connectivity index (χ2v) is 10.9. The fourth-order valence-corrected chi connectivity index (χ4v) is 4.82. The first-order valence-corrected chi connectivity index (χ1v) is 13.4. The predicted molar refractivity (Wildman–Crippen MR) is 157 cm³/mol. The number of H-pyrrole nitrogens is 1. The Balaban J connectivity index is 1.50. The van der Waals surface area contributed by atoms with E-state index in [9.17, 15) is 0 Å². The highest BCUT2D eigenvalue weighted by Crippen LogP contribution is 2.27. The molecule has 0 saturated heterocycles. The molecule has 3 aromatic carbocycles. The van der Waals surface area contributed by atoms with Gasteiger partial charge in [0.1, 0.15) is 18.2 Å². The summed E-state index contributed by atoms with van der Waals surface area (Å²) in [7, 11) is 0. The van der Waals surface area contributed by atoms with Crippen LogP contribution in [0.2, 0.25) is 0 Å². The first-order valence-electron chi connectivity index (χ1n) is 13.4. The number of ether oxygens (including phenoxy) is 1. The van der Waals surface area contributed by atoms with Crippen molar-refractivity contribution in [2.24, 2.45) is 5.92 Å². The van der Waals surface area contributed by atoms with E-state index in [-0.39, 0.29) is 0 Å². The van der Waals surface area contributed by atoms with Crippen molar-refractivity contribution in [1.82, 2.24) is 20.1 Å². The smallest absolute Gasteiger partial charge is 0.181 e. The number of aromatic nitrogens is 3. The van der Waals surface area contributed by atoms with Gasteiger partial charge in [0, 0.05) is 47.4 Å². The third-order valence-corrected chi connectivity index (χ3v) is 6.76. The van der Waals surface area contributed by atoms with Crippen molar-refractivity contribution >= 4 is 22.2 Å². The molecule has 4 N–H and O–H groups in total. The molecule has 0 bridgehead atoms. The van der Waals surface area contributed by atoms with Crippen molar-refractivity contribution < 1.29 is 4.74 Å². The maximum atomic E-state index is 8.93. The van der Waals surface area contributed by atoms with Gasteiger partial charge in [0.25, 0.3) is 0 Å². The van der Waals surface area contributed by atoms with Crippen LogP contribution in [0.3, 0.4) is 0 Å². The Labute approximate surface area is 225 Å². The zero-order valence-electron chi connectivity index (χ0n) is 23.4. The Kier molecular flexibility index (Phi) is 8.47. The zero-order valence-corrected chi connectivity index (χ0v) is 23.4. The number of hydrogen-bond acceptors (Lipinski definition) is 6. The molecule has 200 valence electrons. The second kappa shape index (κ2) is 11.8. The van der Waals surface area contributed by atoms with Gasteiger partial charge in [-0.15, -0.1) is 0 Å². The molecule has 0 aliphatic heterocycles. The van der Waals surface area contributed by atoms with Crippen molar-refractivity contribution in [2.45, 2.75) is 60.0 Å². The van der Waals surface area contributed by atoms with Gasteiger partial charge in [-0.1, -0.05) is 32.0 Å². The Hall–Kier alpha value is -3.71. The van der Waals surface area contributed by atoms with E-state index in [0.29, 0.717) is 47.4 Å². The highest BCUT2D eigenvalue weighted by Gasteiger charge is 2.15. The monoisotopic (exact) mass is 512 g/mol. The average molecular weight is 513 g/mol. The molecule has 7 heteroatoms. The Morgan fingerprint density at radius 2 is 1.66 bits per heavy atom. The van der Waals surface area contributed by atoms with Gasteiger partial charge >= 0.3 is 0 Å². The van der Waals surface area contributed by atoms with Crippen LogP contribution in [0.25, 0.3) is 22.2 Å². The molecule has 0 radical (unpaired) electrons. The van der Waals surface area contributed by atoms with Crippen molar-refractivity contribution in [1.29, 1.82) is 5.41 Å². The third-order valence-electron chi connectivity index (χ3n) is 6.76. The second-order valence-electron chi connectivity index (χ2n) is 10.9. The van der Waals surface area contributed by atoms with Crippen LogP contribution in [-0.4, -0.2) is 51.0 Å². The number of fused-ring (bicyclic) bond motifs is 1. The zero-order chi connectivity index (χ0) is 27.4. The van der Waals surface area contributed by atoms with E-state index in [1.165, 1.54) is 0 Å². The number of aromatic amines is 1. The lowest BCUT2D eigenvalue weighted by Gasteiger charge is -2.30. The lowest BCUT2D eigenvalue weighted by Crippen LogP contribution is -2.39. The fourth-order valence-electron chi connectivity index (χ4n) is 4.82. The summed E-state index contributed by atoms with van der Waals surface area (Å²) in [5, 5.41) is 18.5. The Morgan fingerprint density at radius 3 is 2.37 bits per heavy atom. The van der Waals surface area contributed by atoms with Gasteiger partial charge in [-0.25, -0.2) is 4.98 Å². The molecule has 7 nitrogen and oxygen atoms in total. The lowest BCUT2D eigenvalue weighted by atomic mass is 9.96. The summed E-state index contributed by atoms with van der Waals surface area (Å²) < 4.78 is 6.07. The first-order chi connectivity index (χ1) is 18.1. The van der Waals surface area contributed by atoms with Crippen LogP contribution in [-0.2, 0) is 6.42 Å². The van der Waals surface area contributed by atoms with Crippen LogP contribution in [0, 0.1) is 11.3 Å². The predicted octanol–water partition coefficient (Wildman–Crippen LogP) is 6.32. The first kappa shape index (κ1) is 27.3. The van der Waals surface area contributed by atoms with E-state index in [0.717, 1.165) is 46.4 Å². The van der Waals surface area contributed by atoms with Crippen LogP contribution >= 0.6 is 0 Å². The molecule has 0 fully saturated rings. The number of hydrogen-bond donors (Lipinski definition) is 3. The minimum atomic E-state index is 0.368. The average Bonchev–Trinajstić information content (AvgIpc) is 3.33. The highest BCUT2D eigenvalue weighted by atomic mass is 16.5. The van der Waals surface area contributed by atoms with Gasteiger partial charge in [0.2, 0.25) is 0 Å². The molecule has 0 aliphatic carbocycles. The molecule has 0 spiro atoms. The maximum Gasteiger partial charge on any atom is 0.181 e. The SMILES string of the molecule is CC(C)Cc1nc(-c2ccc(N)c(C(=N)c3ccc4cc(OCCN(C(C)C)C(C)C)ccc4c3)c2)n[nH]1. The molecular weight excluding hydrogens is 472 g/mol. The van der Waals surface area contributed by atoms with E-state index in [4.69, 9.17) is 15.9 Å². The standard InChI is InChI=1S/C31H40N6O/c1-19(2)15-29-34-31(36-35-29)25-10-12-28(32)27(18-25)30(33)24-8-7-23-17-26(11-9-22(23)16-24)38-14-13-37(20(3)4)21(5)6/h7-12,16-21,33H,13-15,32H2,1-6H3,(H,34,35,36). The molecule has 0 aliphatic rings. The molecule has 38 heavy (non-hydrogen) atoms. The topological polar surface area (TPSA) is 104 Å². The maximum absolute atomic E-state index is 8.93. The molecule has 0 atom stereocenters. The summed E-state index contributed by atoms with van der Waals surface area (Å²) >= 11 is 0. The van der Waals surface area contributed by atoms with Crippen molar-refractivity contribution in [2.75, 3.05) is 18.9 Å². The van der Waals surface area contributed by atoms with Crippen molar-refractivity contribution in [3.05, 3.63) is 71.5 Å². The van der Waals surface area contributed by atoms with Gasteiger partial charge in [-0.3, -0.25) is 15.4 Å². The van der Waals surface area contributed by atoms with E-state index in [1.54, 1.807) is 0 Å². The number of nitrogens with two attached hydrogens (primary N) is 1. The molecule has 0 saturated carbocycles. The molecule has 4 aromatic rings. The number of nitrogen functional groups attached to an aromatic ring is 1. The van der Waals surface area contributed by atoms with Gasteiger partial charge in [-0.05, 0) is 80.8 Å². The number of rotatable bonds is 11. The van der Waals surface area contributed by atoms with Gasteiger partial charge in [-0.2, -0.15) is 5.10 Å². The fraction of sp³-hybridized carbons (Fsp3) is 0.387. The minimum absolute atomic E-state index is 0.368. The molecule has 1 heterocycles. The van der Waals surface area contributed by atoms with E-state index >= 15 is 0 Å². The Morgan fingerprint density at radius 1 is 0.947 bits per heavy atom. The quantitative estimate of drug-likeness (QED) is 0.161. The third kappa shape index (κ3) is 6.40. The molecule has 0 amide bonds. The highest BCUT2D eigenvalue weighted by molar-refractivity contribution is 6.15. The molecule has 1 aromatic heterocycles. The number of nitrogens with one attached hydrogen (secondary N) is 2. The van der Waals surface area contributed by atoms with Crippen molar-refractivity contribution in [3.8, 4) is 17.1 Å². The van der Waals surface area contributed by atoms with Crippen LogP contribution in [0.1, 0.15) is 58.5 Å². The normalized spacial score (nSPS) is 11.8. The van der Waals surface area contributed by atoms with E-state index < -0.39 is 0 Å². The van der Waals surface area contributed by atoms with Crippen LogP contribution in [0.5, 0.6) is 5.75 Å². The van der Waals surface area contributed by atoms with Crippen LogP contribution in [0.4, 0.5) is 5.69 Å². The largest absolute Gasteiger partial charge is 0.492 e. The number of benzene rings is 3. The van der Waals surface area contributed by atoms with Crippen LogP contribution in [0.15, 0.2) is 54.6 Å². The van der Waals surface area contributed by atoms with Gasteiger partial charge < -0.3 is 10.5 Å². The summed E-state index contributed by atoms with van der Waals surface area (Å²) in [5.41, 5.74) is 9.52. The number of anilines is 1. The summed E-state index contributed by atoms with van der Waals surface area (Å²) in [6, 6.07) is 18.7. The molecule has 4 rings (SSSR count). The van der Waals surface area contributed by atoms with E-state index in [2.05, 4.69) is 67.7 Å². The van der Waals surface area contributed by atoms with Crippen LogP contribution < -0.4 is 10.5 Å². The molecule has 0 unspecified atom stereocenters. The number of nitrogens with zero attached hydrogens (tertiary/aromatic N) is 3.